The fourth-order valence-electron chi connectivity index (χ4n) is 3.07. The van der Waals surface area contributed by atoms with Crippen molar-refractivity contribution in [3.05, 3.63) is 81.6 Å². The van der Waals surface area contributed by atoms with Gasteiger partial charge in [-0.1, -0.05) is 12.1 Å². The molecule has 0 aliphatic rings. The van der Waals surface area contributed by atoms with Crippen LogP contribution in [0.2, 0.25) is 0 Å². The van der Waals surface area contributed by atoms with E-state index in [1.165, 1.54) is 18.3 Å². The normalized spacial score (nSPS) is 10.9. The number of amides is 1. The van der Waals surface area contributed by atoms with Gasteiger partial charge >= 0.3 is 0 Å². The molecule has 0 atom stereocenters. The summed E-state index contributed by atoms with van der Waals surface area (Å²) in [4.78, 5) is 22.4. The molecule has 1 aromatic heterocycles. The van der Waals surface area contributed by atoms with Gasteiger partial charge in [0.05, 0.1) is 18.2 Å². The van der Waals surface area contributed by atoms with E-state index in [0.29, 0.717) is 24.4 Å². The van der Waals surface area contributed by atoms with Crippen LogP contribution in [0.15, 0.2) is 64.1 Å². The fraction of sp³-hybridized carbons (Fsp3) is 0.217. The topological polar surface area (TPSA) is 107 Å². The molecule has 31 heavy (non-hydrogen) atoms. The summed E-state index contributed by atoms with van der Waals surface area (Å²) in [5.41, 5.74) is 5.15. The standard InChI is InChI=1S/C23H23N3O5/c1-16-14-18(26(28)29)8-12-21(16)22-13-11-20(31-22)15-24-25-23(27)5-3-4-17-6-9-19(30-2)10-7-17/h6-15H,3-5H2,1-2H3,(H,25,27)/b24-15-. The van der Waals surface area contributed by atoms with Crippen molar-refractivity contribution < 1.29 is 18.9 Å². The second kappa shape index (κ2) is 10.2. The molecule has 8 heteroatoms. The van der Waals surface area contributed by atoms with E-state index in [-0.39, 0.29) is 11.6 Å². The SMILES string of the molecule is COc1ccc(CCCC(=O)N/N=C\c2ccc(-c3ccc([N+](=O)[O-])cc3C)o2)cc1. The first-order chi connectivity index (χ1) is 15.0. The van der Waals surface area contributed by atoms with Gasteiger partial charge in [0, 0.05) is 24.1 Å². The fourth-order valence-corrected chi connectivity index (χ4v) is 3.07. The van der Waals surface area contributed by atoms with Gasteiger partial charge in [-0.25, -0.2) is 5.43 Å². The van der Waals surface area contributed by atoms with Crippen LogP contribution in [0, 0.1) is 17.0 Å². The minimum absolute atomic E-state index is 0.0318. The van der Waals surface area contributed by atoms with Crippen molar-refractivity contribution in [3.8, 4) is 17.1 Å². The molecular weight excluding hydrogens is 398 g/mol. The lowest BCUT2D eigenvalue weighted by atomic mass is 10.1. The first-order valence-corrected chi connectivity index (χ1v) is 9.76. The van der Waals surface area contributed by atoms with Crippen LogP contribution in [0.5, 0.6) is 5.75 Å². The highest BCUT2D eigenvalue weighted by atomic mass is 16.6. The Labute approximate surface area is 179 Å². The molecule has 0 radical (unpaired) electrons. The van der Waals surface area contributed by atoms with E-state index < -0.39 is 4.92 Å². The van der Waals surface area contributed by atoms with Crippen molar-refractivity contribution in [1.82, 2.24) is 5.43 Å². The summed E-state index contributed by atoms with van der Waals surface area (Å²) in [6.07, 6.45) is 3.27. The monoisotopic (exact) mass is 421 g/mol. The second-order valence-corrected chi connectivity index (χ2v) is 6.95. The van der Waals surface area contributed by atoms with Gasteiger partial charge < -0.3 is 9.15 Å². The van der Waals surface area contributed by atoms with Crippen LogP contribution in [0.3, 0.4) is 0 Å². The van der Waals surface area contributed by atoms with E-state index in [4.69, 9.17) is 9.15 Å². The quantitative estimate of drug-likeness (QED) is 0.308. The maximum atomic E-state index is 12.0. The van der Waals surface area contributed by atoms with Crippen LogP contribution in [0.4, 0.5) is 5.69 Å². The molecule has 1 amide bonds. The maximum Gasteiger partial charge on any atom is 0.269 e. The molecule has 3 rings (SSSR count). The first kappa shape index (κ1) is 21.8. The van der Waals surface area contributed by atoms with Gasteiger partial charge in [-0.05, 0) is 61.2 Å². The molecule has 8 nitrogen and oxygen atoms in total. The Hall–Kier alpha value is -3.94. The van der Waals surface area contributed by atoms with Crippen LogP contribution >= 0.6 is 0 Å². The van der Waals surface area contributed by atoms with Crippen molar-refractivity contribution >= 4 is 17.8 Å². The number of hydrazone groups is 1. The highest BCUT2D eigenvalue weighted by Gasteiger charge is 2.12. The Kier molecular flexibility index (Phi) is 7.16. The third-order valence-electron chi connectivity index (χ3n) is 4.72. The van der Waals surface area contributed by atoms with Gasteiger partial charge in [0.25, 0.3) is 5.69 Å². The van der Waals surface area contributed by atoms with E-state index >= 15 is 0 Å². The molecule has 2 aromatic carbocycles. The van der Waals surface area contributed by atoms with Crippen molar-refractivity contribution in [2.75, 3.05) is 7.11 Å². The molecule has 0 fully saturated rings. The Morgan fingerprint density at radius 3 is 2.65 bits per heavy atom. The summed E-state index contributed by atoms with van der Waals surface area (Å²) in [5.74, 6) is 1.66. The van der Waals surface area contributed by atoms with Crippen LogP contribution in [0.25, 0.3) is 11.3 Å². The van der Waals surface area contributed by atoms with Gasteiger partial charge in [-0.15, -0.1) is 0 Å². The van der Waals surface area contributed by atoms with Gasteiger partial charge in [0.2, 0.25) is 5.91 Å². The number of methoxy groups -OCH3 is 1. The van der Waals surface area contributed by atoms with Crippen LogP contribution < -0.4 is 10.2 Å². The number of nitrogens with one attached hydrogen (secondary N) is 1. The number of nitrogens with zero attached hydrogens (tertiary/aromatic N) is 2. The summed E-state index contributed by atoms with van der Waals surface area (Å²) in [7, 11) is 1.63. The zero-order valence-electron chi connectivity index (χ0n) is 17.3. The number of non-ortho nitro benzene ring substituents is 1. The number of benzene rings is 2. The lowest BCUT2D eigenvalue weighted by Crippen LogP contribution is -2.17. The van der Waals surface area contributed by atoms with E-state index in [1.807, 2.05) is 24.3 Å². The summed E-state index contributed by atoms with van der Waals surface area (Å²) >= 11 is 0. The molecule has 0 unspecified atom stereocenters. The Bertz CT molecular complexity index is 1090. The van der Waals surface area contributed by atoms with E-state index in [0.717, 1.165) is 28.9 Å². The first-order valence-electron chi connectivity index (χ1n) is 9.76. The summed E-state index contributed by atoms with van der Waals surface area (Å²) in [6.45, 7) is 1.78. The largest absolute Gasteiger partial charge is 0.497 e. The minimum atomic E-state index is -0.434. The second-order valence-electron chi connectivity index (χ2n) is 6.95. The number of carbonyl (C=O) groups excluding carboxylic acids is 1. The molecule has 0 spiro atoms. The lowest BCUT2D eigenvalue weighted by Gasteiger charge is -2.03. The molecule has 0 aliphatic carbocycles. The van der Waals surface area contributed by atoms with Crippen molar-refractivity contribution in [2.24, 2.45) is 5.10 Å². The van der Waals surface area contributed by atoms with Crippen LogP contribution in [-0.2, 0) is 11.2 Å². The summed E-state index contributed by atoms with van der Waals surface area (Å²) in [5, 5.41) is 14.8. The van der Waals surface area contributed by atoms with Gasteiger partial charge in [0.15, 0.2) is 0 Å². The molecule has 0 saturated carbocycles. The average molecular weight is 421 g/mol. The molecule has 0 bridgehead atoms. The van der Waals surface area contributed by atoms with E-state index in [1.54, 1.807) is 32.2 Å². The Balaban J connectivity index is 1.48. The third-order valence-corrected chi connectivity index (χ3v) is 4.72. The maximum absolute atomic E-state index is 12.0. The van der Waals surface area contributed by atoms with Gasteiger partial charge in [0.1, 0.15) is 17.3 Å². The summed E-state index contributed by atoms with van der Waals surface area (Å²) in [6, 6.07) is 15.8. The zero-order valence-corrected chi connectivity index (χ0v) is 17.3. The number of furan rings is 1. The van der Waals surface area contributed by atoms with Gasteiger partial charge in [-0.2, -0.15) is 5.10 Å². The van der Waals surface area contributed by atoms with E-state index in [2.05, 4.69) is 10.5 Å². The smallest absolute Gasteiger partial charge is 0.269 e. The molecule has 1 heterocycles. The molecule has 0 saturated heterocycles. The number of nitro benzene ring substituents is 1. The Morgan fingerprint density at radius 1 is 1.19 bits per heavy atom. The zero-order chi connectivity index (χ0) is 22.2. The van der Waals surface area contributed by atoms with Crippen molar-refractivity contribution in [1.29, 1.82) is 0 Å². The number of rotatable bonds is 9. The molecule has 0 aliphatic heterocycles. The number of ether oxygens (including phenoxy) is 1. The average Bonchev–Trinajstić information content (AvgIpc) is 3.22. The number of nitro groups is 1. The predicted octanol–water partition coefficient (Wildman–Crippen LogP) is 4.64. The summed E-state index contributed by atoms with van der Waals surface area (Å²) < 4.78 is 10.8. The highest BCUT2D eigenvalue weighted by Crippen LogP contribution is 2.28. The molecule has 160 valence electrons. The number of carbonyl (C=O) groups is 1. The molecular formula is C23H23N3O5. The van der Waals surface area contributed by atoms with Crippen LogP contribution in [-0.4, -0.2) is 24.2 Å². The highest BCUT2D eigenvalue weighted by molar-refractivity contribution is 5.81. The van der Waals surface area contributed by atoms with Crippen molar-refractivity contribution in [3.63, 3.8) is 0 Å². The Morgan fingerprint density at radius 2 is 1.97 bits per heavy atom. The van der Waals surface area contributed by atoms with Crippen LogP contribution in [0.1, 0.15) is 29.7 Å². The number of hydrogen-bond acceptors (Lipinski definition) is 6. The predicted molar refractivity (Wildman–Crippen MR) is 117 cm³/mol. The van der Waals surface area contributed by atoms with Gasteiger partial charge in [-0.3, -0.25) is 14.9 Å². The molecule has 3 aromatic rings. The third kappa shape index (κ3) is 6.02. The number of aryl methyl sites for hydroxylation is 2. The number of hydrogen-bond donors (Lipinski definition) is 1. The van der Waals surface area contributed by atoms with E-state index in [9.17, 15) is 14.9 Å². The lowest BCUT2D eigenvalue weighted by molar-refractivity contribution is -0.384. The van der Waals surface area contributed by atoms with Crippen molar-refractivity contribution in [2.45, 2.75) is 26.2 Å². The molecule has 1 N–H and O–H groups in total. The minimum Gasteiger partial charge on any atom is -0.497 e.